The summed E-state index contributed by atoms with van der Waals surface area (Å²) >= 11 is 5.37. The summed E-state index contributed by atoms with van der Waals surface area (Å²) in [6.07, 6.45) is 0. The third kappa shape index (κ3) is 2.27. The molecule has 1 heterocycles. The number of hydrogen-bond donors (Lipinski definition) is 0. The molecule has 0 radical (unpaired) electrons. The van der Waals surface area contributed by atoms with Gasteiger partial charge in [0.2, 0.25) is 5.82 Å². The van der Waals surface area contributed by atoms with Crippen LogP contribution in [0.2, 0.25) is 0 Å². The minimum atomic E-state index is -1.03. The van der Waals surface area contributed by atoms with Gasteiger partial charge in [-0.15, -0.1) is 0 Å². The highest BCUT2D eigenvalue weighted by atomic mass is 35.5. The monoisotopic (exact) mass is 298 g/mol. The Morgan fingerprint density at radius 1 is 1.30 bits per heavy atom. The van der Waals surface area contributed by atoms with E-state index in [4.69, 9.17) is 21.1 Å². The number of carbonyl (C=O) groups is 1. The van der Waals surface area contributed by atoms with Crippen LogP contribution in [0.3, 0.4) is 0 Å². The predicted molar refractivity (Wildman–Crippen MR) is 70.7 cm³/mol. The number of aryl methyl sites for hydroxylation is 1. The summed E-state index contributed by atoms with van der Waals surface area (Å²) in [6.45, 7) is 1.84. The minimum Gasteiger partial charge on any atom is -0.496 e. The van der Waals surface area contributed by atoms with Crippen molar-refractivity contribution in [3.63, 3.8) is 0 Å². The Kier molecular flexibility index (Phi) is 3.80. The van der Waals surface area contributed by atoms with E-state index in [1.807, 2.05) is 6.92 Å². The van der Waals surface area contributed by atoms with Crippen LogP contribution < -0.4 is 15.2 Å². The lowest BCUT2D eigenvalue weighted by molar-refractivity contribution is 0.259. The summed E-state index contributed by atoms with van der Waals surface area (Å²) in [7, 11) is 2.89. The summed E-state index contributed by atoms with van der Waals surface area (Å²) in [4.78, 5) is 22.8. The molecule has 0 fully saturated rings. The second-order valence-corrected chi connectivity index (χ2v) is 4.23. The second kappa shape index (κ2) is 5.38. The summed E-state index contributed by atoms with van der Waals surface area (Å²) < 4.78 is 15.5. The minimum absolute atomic E-state index is 0.0799. The van der Waals surface area contributed by atoms with Crippen molar-refractivity contribution >= 4 is 17.0 Å². The average Bonchev–Trinajstić information content (AvgIpc) is 2.79. The second-order valence-electron chi connectivity index (χ2n) is 3.90. The summed E-state index contributed by atoms with van der Waals surface area (Å²) in [5.74, 6) is -0.308. The number of nitrogens with zero attached hydrogens (tertiary/aromatic N) is 2. The predicted octanol–water partition coefficient (Wildman–Crippen LogP) is 2.04. The molecule has 0 aliphatic rings. The molecular weight excluding hydrogens is 288 g/mol. The maximum absolute atomic E-state index is 11.5. The van der Waals surface area contributed by atoms with Gasteiger partial charge in [0.15, 0.2) is 0 Å². The van der Waals surface area contributed by atoms with Crippen LogP contribution in [0.15, 0.2) is 21.5 Å². The average molecular weight is 299 g/mol. The Morgan fingerprint density at radius 2 is 1.85 bits per heavy atom. The Balaban J connectivity index is 2.82. The molecule has 1 aromatic heterocycles. The largest absolute Gasteiger partial charge is 0.496 e. The summed E-state index contributed by atoms with van der Waals surface area (Å²) in [6, 6.07) is 3.42. The molecule has 1 aromatic carbocycles. The molecule has 7 nitrogen and oxygen atoms in total. The van der Waals surface area contributed by atoms with Gasteiger partial charge in [-0.3, -0.25) is 9.32 Å². The zero-order valence-corrected chi connectivity index (χ0v) is 11.7. The fourth-order valence-corrected chi connectivity index (χ4v) is 1.98. The topological polar surface area (TPSA) is 83.6 Å². The van der Waals surface area contributed by atoms with Crippen molar-refractivity contribution in [2.75, 3.05) is 14.2 Å². The molecule has 0 bridgehead atoms. The van der Waals surface area contributed by atoms with Crippen LogP contribution in [0.4, 0.5) is 4.79 Å². The van der Waals surface area contributed by atoms with Crippen LogP contribution in [0.1, 0.15) is 5.56 Å². The lowest BCUT2D eigenvalue weighted by Crippen LogP contribution is -2.19. The van der Waals surface area contributed by atoms with Gasteiger partial charge >= 0.3 is 11.1 Å². The van der Waals surface area contributed by atoms with E-state index >= 15 is 0 Å². The first-order valence-electron chi connectivity index (χ1n) is 5.51. The maximum atomic E-state index is 11.5. The molecular formula is C12H11ClN2O5. The molecule has 0 amide bonds. The Morgan fingerprint density at radius 3 is 2.30 bits per heavy atom. The number of ether oxygens (including phenoxy) is 2. The van der Waals surface area contributed by atoms with Gasteiger partial charge in [-0.05, 0) is 36.2 Å². The van der Waals surface area contributed by atoms with Gasteiger partial charge < -0.3 is 9.47 Å². The lowest BCUT2D eigenvalue weighted by atomic mass is 10.1. The number of benzene rings is 1. The Bertz CT molecular complexity index is 694. The van der Waals surface area contributed by atoms with Crippen molar-refractivity contribution in [1.82, 2.24) is 9.72 Å². The van der Waals surface area contributed by atoms with Crippen LogP contribution in [0, 0.1) is 6.92 Å². The van der Waals surface area contributed by atoms with E-state index in [2.05, 4.69) is 9.68 Å². The molecule has 0 N–H and O–H groups in total. The molecule has 0 atom stereocenters. The third-order valence-corrected chi connectivity index (χ3v) is 2.82. The normalized spacial score (nSPS) is 10.4. The van der Waals surface area contributed by atoms with Gasteiger partial charge in [-0.25, -0.2) is 4.79 Å². The SMILES string of the molecule is COc1cc(C)cc(OC)c1-c1noc(=O)n1C(=O)Cl. The third-order valence-electron chi connectivity index (χ3n) is 2.65. The number of methoxy groups -OCH3 is 2. The van der Waals surface area contributed by atoms with Crippen LogP contribution >= 0.6 is 11.6 Å². The number of rotatable bonds is 3. The number of halogens is 1. The van der Waals surface area contributed by atoms with Gasteiger partial charge in [0.1, 0.15) is 17.1 Å². The highest BCUT2D eigenvalue weighted by Crippen LogP contribution is 2.38. The molecule has 0 spiro atoms. The van der Waals surface area contributed by atoms with Crippen LogP contribution in [0.25, 0.3) is 11.4 Å². The van der Waals surface area contributed by atoms with E-state index in [0.29, 0.717) is 21.6 Å². The fourth-order valence-electron chi connectivity index (χ4n) is 1.83. The first kappa shape index (κ1) is 14.1. The van der Waals surface area contributed by atoms with Crippen LogP contribution in [-0.2, 0) is 0 Å². The zero-order chi connectivity index (χ0) is 14.9. The maximum Gasteiger partial charge on any atom is 0.449 e. The van der Waals surface area contributed by atoms with Crippen molar-refractivity contribution in [3.05, 3.63) is 28.2 Å². The summed E-state index contributed by atoms with van der Waals surface area (Å²) in [5.41, 5.74) is 1.18. The van der Waals surface area contributed by atoms with Gasteiger partial charge in [0.25, 0.3) is 0 Å². The fraction of sp³-hybridized carbons (Fsp3) is 0.250. The van der Waals surface area contributed by atoms with Gasteiger partial charge in [0.05, 0.1) is 14.2 Å². The first-order valence-corrected chi connectivity index (χ1v) is 5.89. The molecule has 8 heteroatoms. The van der Waals surface area contributed by atoms with Crippen molar-refractivity contribution < 1.29 is 18.8 Å². The number of hydrogen-bond acceptors (Lipinski definition) is 6. The van der Waals surface area contributed by atoms with Gasteiger partial charge in [-0.2, -0.15) is 4.57 Å². The molecule has 106 valence electrons. The molecule has 20 heavy (non-hydrogen) atoms. The van der Waals surface area contributed by atoms with Crippen molar-refractivity contribution in [1.29, 1.82) is 0 Å². The highest BCUT2D eigenvalue weighted by Gasteiger charge is 2.24. The van der Waals surface area contributed by atoms with Crippen LogP contribution in [-0.4, -0.2) is 29.3 Å². The lowest BCUT2D eigenvalue weighted by Gasteiger charge is -2.12. The summed E-state index contributed by atoms with van der Waals surface area (Å²) in [5, 5.41) is 2.53. The van der Waals surface area contributed by atoms with E-state index in [1.54, 1.807) is 12.1 Å². The Hall–Kier alpha value is -2.28. The van der Waals surface area contributed by atoms with E-state index in [1.165, 1.54) is 14.2 Å². The quantitative estimate of drug-likeness (QED) is 0.806. The van der Waals surface area contributed by atoms with Crippen molar-refractivity contribution in [2.45, 2.75) is 6.92 Å². The highest BCUT2D eigenvalue weighted by molar-refractivity contribution is 6.63. The van der Waals surface area contributed by atoms with E-state index in [-0.39, 0.29) is 5.82 Å². The smallest absolute Gasteiger partial charge is 0.449 e. The van der Waals surface area contributed by atoms with Gasteiger partial charge in [-0.1, -0.05) is 5.16 Å². The first-order chi connectivity index (χ1) is 9.49. The molecule has 0 aliphatic carbocycles. The number of carbonyl (C=O) groups excluding carboxylic acids is 1. The van der Waals surface area contributed by atoms with Crippen molar-refractivity contribution in [3.8, 4) is 22.9 Å². The molecule has 0 saturated heterocycles. The van der Waals surface area contributed by atoms with Crippen LogP contribution in [0.5, 0.6) is 11.5 Å². The number of aromatic nitrogens is 2. The van der Waals surface area contributed by atoms with E-state index in [9.17, 15) is 9.59 Å². The van der Waals surface area contributed by atoms with Gasteiger partial charge in [0, 0.05) is 0 Å². The molecule has 0 unspecified atom stereocenters. The molecule has 2 aromatic rings. The Labute approximate surface area is 118 Å². The molecule has 0 saturated carbocycles. The van der Waals surface area contributed by atoms with E-state index < -0.39 is 11.1 Å². The van der Waals surface area contributed by atoms with Crippen molar-refractivity contribution in [2.24, 2.45) is 0 Å². The van der Waals surface area contributed by atoms with E-state index in [0.717, 1.165) is 5.56 Å². The standard InChI is InChI=1S/C12H11ClN2O5/c1-6-4-7(18-2)9(8(5-6)19-3)10-14-20-12(17)15(10)11(13)16/h4-5H,1-3H3. The zero-order valence-electron chi connectivity index (χ0n) is 11.0. The molecule has 2 rings (SSSR count). The molecule has 0 aliphatic heterocycles.